The molecule has 37 heavy (non-hydrogen) atoms. The summed E-state index contributed by atoms with van der Waals surface area (Å²) < 4.78 is 4.98. The first-order chi connectivity index (χ1) is 17.6. The molecule has 3 amide bonds. The first kappa shape index (κ1) is 28.1. The molecular formula is C20H20ClN5O9S2. The fourth-order valence-electron chi connectivity index (χ4n) is 3.31. The van der Waals surface area contributed by atoms with Crippen LogP contribution in [0.1, 0.15) is 19.0 Å². The molecule has 17 heteroatoms. The van der Waals surface area contributed by atoms with E-state index in [4.69, 9.17) is 21.2 Å². The van der Waals surface area contributed by atoms with Crippen LogP contribution in [0, 0.1) is 0 Å². The van der Waals surface area contributed by atoms with Gasteiger partial charge in [0.05, 0.1) is 0 Å². The number of thioether (sulfide) groups is 1. The largest absolute Gasteiger partial charge is 0.477 e. The van der Waals surface area contributed by atoms with Crippen molar-refractivity contribution in [3.05, 3.63) is 22.3 Å². The topological polar surface area (TPSA) is 194 Å². The van der Waals surface area contributed by atoms with Crippen LogP contribution in [0.25, 0.3) is 0 Å². The number of esters is 1. The van der Waals surface area contributed by atoms with Gasteiger partial charge in [0.2, 0.25) is 5.91 Å². The third-order valence-corrected chi connectivity index (χ3v) is 7.19. The van der Waals surface area contributed by atoms with Gasteiger partial charge in [0.1, 0.15) is 54.6 Å². The SMILES string of the molecule is CO/N=C(\C(=O)N[C@@H]1C(=O)N2C(C(=O)O)=C(COC(=O)CC(C)=O)CS[C@@H]12)c1csc(NC(=O)CCl)n1. The van der Waals surface area contributed by atoms with Gasteiger partial charge in [-0.1, -0.05) is 5.16 Å². The summed E-state index contributed by atoms with van der Waals surface area (Å²) in [6.07, 6.45) is -0.451. The number of carboxylic acids is 1. The average Bonchev–Trinajstić information content (AvgIpc) is 3.30. The van der Waals surface area contributed by atoms with Crippen molar-refractivity contribution in [2.45, 2.75) is 24.8 Å². The molecule has 1 aromatic heterocycles. The van der Waals surface area contributed by atoms with E-state index in [9.17, 15) is 33.9 Å². The second-order valence-electron chi connectivity index (χ2n) is 7.50. The molecule has 1 fully saturated rings. The Morgan fingerprint density at radius 3 is 2.68 bits per heavy atom. The monoisotopic (exact) mass is 573 g/mol. The lowest BCUT2D eigenvalue weighted by molar-refractivity contribution is -0.150. The highest BCUT2D eigenvalue weighted by atomic mass is 35.5. The molecule has 0 aliphatic carbocycles. The lowest BCUT2D eigenvalue weighted by atomic mass is 10.0. The van der Waals surface area contributed by atoms with E-state index in [2.05, 4.69) is 20.8 Å². The Bertz CT molecular complexity index is 1210. The number of fused-ring (bicyclic) bond motifs is 1. The van der Waals surface area contributed by atoms with Gasteiger partial charge < -0.3 is 25.3 Å². The van der Waals surface area contributed by atoms with Crippen molar-refractivity contribution in [1.82, 2.24) is 15.2 Å². The van der Waals surface area contributed by atoms with Crippen LogP contribution in [0.2, 0.25) is 0 Å². The van der Waals surface area contributed by atoms with Crippen LogP contribution in [0.5, 0.6) is 0 Å². The van der Waals surface area contributed by atoms with Gasteiger partial charge in [0.25, 0.3) is 11.8 Å². The van der Waals surface area contributed by atoms with Crippen LogP contribution in [-0.4, -0.2) is 92.9 Å². The van der Waals surface area contributed by atoms with Gasteiger partial charge in [-0.3, -0.25) is 28.9 Å². The van der Waals surface area contributed by atoms with E-state index in [1.807, 2.05) is 0 Å². The number of nitrogens with zero attached hydrogens (tertiary/aromatic N) is 3. The zero-order valence-corrected chi connectivity index (χ0v) is 21.7. The number of carboxylic acid groups (broad SMARTS) is 1. The number of Topliss-reactive ketones (excluding diaryl/α,β-unsaturated/α-hetero) is 1. The summed E-state index contributed by atoms with van der Waals surface area (Å²) in [7, 11) is 1.21. The number of aromatic nitrogens is 1. The Morgan fingerprint density at radius 2 is 2.05 bits per heavy atom. The quantitative estimate of drug-likeness (QED) is 0.0801. The number of amides is 3. The number of hydrogen-bond acceptors (Lipinski definition) is 12. The highest BCUT2D eigenvalue weighted by molar-refractivity contribution is 8.00. The molecule has 0 aromatic carbocycles. The van der Waals surface area contributed by atoms with Crippen LogP contribution in [-0.2, 0) is 38.3 Å². The third-order valence-electron chi connectivity index (χ3n) is 4.85. The Balaban J connectivity index is 1.72. The number of aliphatic carboxylic acids is 1. The number of carbonyl (C=O) groups is 6. The molecule has 3 heterocycles. The van der Waals surface area contributed by atoms with E-state index < -0.39 is 59.9 Å². The smallest absolute Gasteiger partial charge is 0.352 e. The zero-order valence-electron chi connectivity index (χ0n) is 19.3. The Hall–Kier alpha value is -3.50. The van der Waals surface area contributed by atoms with Crippen molar-refractivity contribution in [2.75, 3.05) is 30.7 Å². The minimum atomic E-state index is -1.41. The number of rotatable bonds is 11. The number of oxime groups is 1. The van der Waals surface area contributed by atoms with Gasteiger partial charge in [0.15, 0.2) is 10.8 Å². The maximum absolute atomic E-state index is 12.9. The lowest BCUT2D eigenvalue weighted by Crippen LogP contribution is -2.71. The molecule has 0 unspecified atom stereocenters. The summed E-state index contributed by atoms with van der Waals surface area (Å²) in [4.78, 5) is 81.7. The van der Waals surface area contributed by atoms with E-state index in [1.165, 1.54) is 19.4 Å². The summed E-state index contributed by atoms with van der Waals surface area (Å²) in [5, 5.41) is 19.2. The Kier molecular flexibility index (Phi) is 9.23. The van der Waals surface area contributed by atoms with Crippen LogP contribution in [0.3, 0.4) is 0 Å². The molecule has 198 valence electrons. The number of hydrogen-bond donors (Lipinski definition) is 3. The molecule has 0 spiro atoms. The lowest BCUT2D eigenvalue weighted by Gasteiger charge is -2.49. The van der Waals surface area contributed by atoms with Gasteiger partial charge in [-0.2, -0.15) is 0 Å². The van der Waals surface area contributed by atoms with Gasteiger partial charge in [-0.25, -0.2) is 9.78 Å². The van der Waals surface area contributed by atoms with Crippen molar-refractivity contribution in [2.24, 2.45) is 5.16 Å². The van der Waals surface area contributed by atoms with E-state index in [-0.39, 0.29) is 39.4 Å². The van der Waals surface area contributed by atoms with Crippen LogP contribution < -0.4 is 10.6 Å². The van der Waals surface area contributed by atoms with E-state index >= 15 is 0 Å². The molecule has 3 N–H and O–H groups in total. The minimum absolute atomic E-state index is 0.0648. The van der Waals surface area contributed by atoms with Crippen molar-refractivity contribution < 1.29 is 43.4 Å². The number of nitrogens with one attached hydrogen (secondary N) is 2. The first-order valence-corrected chi connectivity index (χ1v) is 12.8. The summed E-state index contributed by atoms with van der Waals surface area (Å²) in [5.74, 6) is -4.81. The minimum Gasteiger partial charge on any atom is -0.477 e. The zero-order chi connectivity index (χ0) is 27.3. The normalized spacial score (nSPS) is 18.9. The second kappa shape index (κ2) is 12.2. The van der Waals surface area contributed by atoms with Crippen LogP contribution in [0.4, 0.5) is 5.13 Å². The van der Waals surface area contributed by atoms with E-state index in [1.54, 1.807) is 0 Å². The molecule has 2 atom stereocenters. The fraction of sp³-hybridized carbons (Fsp3) is 0.400. The summed E-state index contributed by atoms with van der Waals surface area (Å²) in [5.41, 5.74) is -0.376. The van der Waals surface area contributed by atoms with Crippen molar-refractivity contribution in [3.8, 4) is 0 Å². The Morgan fingerprint density at radius 1 is 1.32 bits per heavy atom. The summed E-state index contributed by atoms with van der Waals surface area (Å²) >= 11 is 7.63. The van der Waals surface area contributed by atoms with Crippen molar-refractivity contribution >= 4 is 81.0 Å². The third kappa shape index (κ3) is 6.44. The molecular weight excluding hydrogens is 554 g/mol. The van der Waals surface area contributed by atoms with Crippen LogP contribution in [0.15, 0.2) is 21.8 Å². The number of β-lactam (4-membered cyclic amide) rings is 1. The number of thiazole rings is 1. The highest BCUT2D eigenvalue weighted by Gasteiger charge is 2.54. The number of carbonyl (C=O) groups excluding carboxylic acids is 5. The number of anilines is 1. The fourth-order valence-corrected chi connectivity index (χ4v) is 5.42. The molecule has 0 bridgehead atoms. The first-order valence-electron chi connectivity index (χ1n) is 10.4. The highest BCUT2D eigenvalue weighted by Crippen LogP contribution is 2.40. The molecule has 1 saturated heterocycles. The van der Waals surface area contributed by atoms with E-state index in [0.29, 0.717) is 0 Å². The van der Waals surface area contributed by atoms with E-state index in [0.717, 1.165) is 28.0 Å². The number of ether oxygens (including phenoxy) is 1. The van der Waals surface area contributed by atoms with Gasteiger partial charge >= 0.3 is 11.9 Å². The summed E-state index contributed by atoms with van der Waals surface area (Å²) in [6, 6.07) is -1.08. The number of ketones is 1. The predicted molar refractivity (Wildman–Crippen MR) is 131 cm³/mol. The molecule has 3 rings (SSSR count). The van der Waals surface area contributed by atoms with Gasteiger partial charge in [-0.05, 0) is 6.92 Å². The molecule has 0 radical (unpaired) electrons. The maximum atomic E-state index is 12.9. The molecule has 2 aliphatic heterocycles. The second-order valence-corrected chi connectivity index (χ2v) is 9.73. The van der Waals surface area contributed by atoms with Crippen molar-refractivity contribution in [3.63, 3.8) is 0 Å². The standard InChI is InChI=1S/C20H20ClN5O9S2/c1-8(27)3-12(29)35-5-9-6-36-18-14(17(31)26(18)15(9)19(32)33)24-16(30)13(25-34-2)10-7-37-20(22-10)23-11(28)4-21/h7,14,18H,3-6H2,1-2H3,(H,24,30)(H,32,33)(H,22,23,28)/b25-13-/t14-,18+/m1/s1. The molecule has 1 aromatic rings. The average molecular weight is 574 g/mol. The maximum Gasteiger partial charge on any atom is 0.352 e. The Labute approximate surface area is 222 Å². The number of alkyl halides is 1. The molecule has 14 nitrogen and oxygen atoms in total. The van der Waals surface area contributed by atoms with Crippen molar-refractivity contribution in [1.29, 1.82) is 0 Å². The predicted octanol–water partition coefficient (Wildman–Crippen LogP) is -0.0682. The van der Waals surface area contributed by atoms with Gasteiger partial charge in [-0.15, -0.1) is 34.7 Å². The van der Waals surface area contributed by atoms with Crippen LogP contribution >= 0.6 is 34.7 Å². The summed E-state index contributed by atoms with van der Waals surface area (Å²) in [6.45, 7) is 0.818. The molecule has 2 aliphatic rings. The molecule has 0 saturated carbocycles. The number of halogens is 1. The van der Waals surface area contributed by atoms with Gasteiger partial charge in [0, 0.05) is 16.7 Å².